The Kier molecular flexibility index (Phi) is 6.25. The van der Waals surface area contributed by atoms with Crippen molar-refractivity contribution < 1.29 is 24.1 Å². The topological polar surface area (TPSA) is 68.2 Å². The van der Waals surface area contributed by atoms with E-state index >= 15 is 0 Å². The van der Waals surface area contributed by atoms with Gasteiger partial charge in [0.05, 0.1) is 6.61 Å². The summed E-state index contributed by atoms with van der Waals surface area (Å²) in [5, 5.41) is 21.0. The van der Waals surface area contributed by atoms with Crippen LogP contribution in [0.4, 0.5) is 0 Å². The lowest BCUT2D eigenvalue weighted by Gasteiger charge is -2.43. The molecule has 1 aliphatic heterocycles. The van der Waals surface area contributed by atoms with Crippen LogP contribution in [0, 0.1) is 0 Å². The van der Waals surface area contributed by atoms with Crippen molar-refractivity contribution in [2.45, 2.75) is 38.2 Å². The molecule has 0 aromatic heterocycles. The molecule has 1 unspecified atom stereocenters. The molecule has 1 heterocycles. The summed E-state index contributed by atoms with van der Waals surface area (Å²) in [6, 6.07) is 20.7. The van der Waals surface area contributed by atoms with E-state index < -0.39 is 27.3 Å². The van der Waals surface area contributed by atoms with Gasteiger partial charge in [-0.1, -0.05) is 81.4 Å². The van der Waals surface area contributed by atoms with E-state index in [1.807, 2.05) is 36.4 Å². The van der Waals surface area contributed by atoms with Crippen molar-refractivity contribution in [1.82, 2.24) is 0 Å². The summed E-state index contributed by atoms with van der Waals surface area (Å²) in [5.74, 6) is 0.221. The average molecular weight is 401 g/mol. The minimum absolute atomic E-state index is 0.144. The van der Waals surface area contributed by atoms with Gasteiger partial charge in [-0.25, -0.2) is 0 Å². The van der Waals surface area contributed by atoms with Crippen molar-refractivity contribution in [1.29, 1.82) is 0 Å². The van der Waals surface area contributed by atoms with E-state index in [1.54, 1.807) is 0 Å². The zero-order valence-electron chi connectivity index (χ0n) is 16.5. The van der Waals surface area contributed by atoms with Gasteiger partial charge in [-0.15, -0.1) is 0 Å². The smallest absolute Gasteiger partial charge is 0.262 e. The van der Waals surface area contributed by atoms with Gasteiger partial charge < -0.3 is 24.1 Å². The molecule has 2 atom stereocenters. The first-order chi connectivity index (χ1) is 13.4. The molecule has 0 saturated carbocycles. The highest BCUT2D eigenvalue weighted by Gasteiger charge is 2.50. The molecule has 0 bridgehead atoms. The summed E-state index contributed by atoms with van der Waals surface area (Å²) in [6.45, 7) is 6.40. The molecule has 6 heteroatoms. The monoisotopic (exact) mass is 400 g/mol. The third kappa shape index (κ3) is 4.00. The molecule has 0 spiro atoms. The van der Waals surface area contributed by atoms with E-state index in [2.05, 4.69) is 45.0 Å². The second-order valence-corrected chi connectivity index (χ2v) is 12.2. The summed E-state index contributed by atoms with van der Waals surface area (Å²) in [5.41, 5.74) is 0. The highest BCUT2D eigenvalue weighted by atomic mass is 28.4. The Hall–Kier alpha value is -2.12. The van der Waals surface area contributed by atoms with Crippen LogP contribution in [0.2, 0.25) is 5.04 Å². The molecule has 0 radical (unpaired) electrons. The van der Waals surface area contributed by atoms with Crippen LogP contribution in [-0.2, 0) is 13.9 Å². The molecule has 2 aromatic carbocycles. The molecule has 3 rings (SSSR count). The minimum Gasteiger partial charge on any atom is -0.457 e. The van der Waals surface area contributed by atoms with Crippen LogP contribution in [0.3, 0.4) is 0 Å². The SMILES string of the molecule is CC(C)(C)[Si](OC[C@@H]1OC=C(C(O)CO)O1)(c1ccccc1)c1ccccc1. The van der Waals surface area contributed by atoms with Crippen LogP contribution < -0.4 is 10.4 Å². The maximum absolute atomic E-state index is 9.73. The first-order valence-corrected chi connectivity index (χ1v) is 11.4. The minimum atomic E-state index is -2.67. The molecule has 2 aromatic rings. The van der Waals surface area contributed by atoms with Gasteiger partial charge in [0.2, 0.25) is 0 Å². The lowest BCUT2D eigenvalue weighted by atomic mass is 10.2. The first kappa shape index (κ1) is 20.6. The van der Waals surface area contributed by atoms with E-state index in [9.17, 15) is 5.11 Å². The van der Waals surface area contributed by atoms with Gasteiger partial charge in [0.25, 0.3) is 14.6 Å². The fraction of sp³-hybridized carbons (Fsp3) is 0.364. The second kappa shape index (κ2) is 8.49. The molecular formula is C22H28O5Si. The molecular weight excluding hydrogens is 372 g/mol. The van der Waals surface area contributed by atoms with Crippen LogP contribution in [0.25, 0.3) is 0 Å². The number of aliphatic hydroxyl groups is 2. The Morgan fingerprint density at radius 3 is 2.00 bits per heavy atom. The largest absolute Gasteiger partial charge is 0.457 e. The van der Waals surface area contributed by atoms with E-state index in [4.69, 9.17) is 19.0 Å². The lowest BCUT2D eigenvalue weighted by molar-refractivity contribution is -0.0749. The Morgan fingerprint density at radius 1 is 1.00 bits per heavy atom. The number of hydrogen-bond donors (Lipinski definition) is 2. The summed E-state index contributed by atoms with van der Waals surface area (Å²) >= 11 is 0. The van der Waals surface area contributed by atoms with Crippen molar-refractivity contribution in [2.75, 3.05) is 13.2 Å². The fourth-order valence-electron chi connectivity index (χ4n) is 3.63. The third-order valence-electron chi connectivity index (χ3n) is 4.96. The van der Waals surface area contributed by atoms with Gasteiger partial charge >= 0.3 is 0 Å². The van der Waals surface area contributed by atoms with Crippen molar-refractivity contribution in [3.8, 4) is 0 Å². The van der Waals surface area contributed by atoms with Gasteiger partial charge in [0, 0.05) is 0 Å². The number of ether oxygens (including phenoxy) is 2. The molecule has 1 aliphatic rings. The second-order valence-electron chi connectivity index (χ2n) is 7.88. The van der Waals surface area contributed by atoms with Crippen molar-refractivity contribution >= 4 is 18.7 Å². The van der Waals surface area contributed by atoms with Crippen LogP contribution in [0.15, 0.2) is 72.7 Å². The predicted molar refractivity (Wildman–Crippen MR) is 111 cm³/mol. The zero-order valence-corrected chi connectivity index (χ0v) is 17.5. The van der Waals surface area contributed by atoms with Gasteiger partial charge in [0.15, 0.2) is 5.76 Å². The van der Waals surface area contributed by atoms with Gasteiger partial charge in [0.1, 0.15) is 19.0 Å². The van der Waals surface area contributed by atoms with Gasteiger partial charge in [-0.05, 0) is 15.4 Å². The highest BCUT2D eigenvalue weighted by molar-refractivity contribution is 6.99. The van der Waals surface area contributed by atoms with Crippen LogP contribution in [-0.4, -0.2) is 44.1 Å². The standard InChI is InChI=1S/C22H28O5Si/c1-22(2,3)28(17-10-6-4-7-11-17,18-12-8-5-9-13-18)26-16-21-25-15-20(27-21)19(24)14-23/h4-13,15,19,21,23-24H,14,16H2,1-3H3/t19?,21-/m1/s1. The quantitative estimate of drug-likeness (QED) is 0.697. The highest BCUT2D eigenvalue weighted by Crippen LogP contribution is 2.37. The molecule has 28 heavy (non-hydrogen) atoms. The first-order valence-electron chi connectivity index (χ1n) is 9.44. The normalized spacial score (nSPS) is 18.2. The Balaban J connectivity index is 1.92. The van der Waals surface area contributed by atoms with Crippen LogP contribution in [0.1, 0.15) is 20.8 Å². The fourth-order valence-corrected chi connectivity index (χ4v) is 8.17. The molecule has 0 saturated heterocycles. The maximum atomic E-state index is 9.73. The van der Waals surface area contributed by atoms with E-state index in [-0.39, 0.29) is 17.4 Å². The van der Waals surface area contributed by atoms with E-state index in [0.717, 1.165) is 0 Å². The van der Waals surface area contributed by atoms with Gasteiger partial charge in [-0.2, -0.15) is 0 Å². The Morgan fingerprint density at radius 2 is 1.54 bits per heavy atom. The zero-order chi connectivity index (χ0) is 20.2. The van der Waals surface area contributed by atoms with Crippen molar-refractivity contribution in [2.24, 2.45) is 0 Å². The van der Waals surface area contributed by atoms with E-state index in [1.165, 1.54) is 16.6 Å². The molecule has 2 N–H and O–H groups in total. The maximum Gasteiger partial charge on any atom is 0.262 e. The molecule has 5 nitrogen and oxygen atoms in total. The van der Waals surface area contributed by atoms with Crippen LogP contribution in [0.5, 0.6) is 0 Å². The number of aliphatic hydroxyl groups excluding tert-OH is 2. The van der Waals surface area contributed by atoms with E-state index in [0.29, 0.717) is 0 Å². The molecule has 0 amide bonds. The number of benzene rings is 2. The van der Waals surface area contributed by atoms with Crippen molar-refractivity contribution in [3.63, 3.8) is 0 Å². The van der Waals surface area contributed by atoms with Crippen LogP contribution >= 0.6 is 0 Å². The molecule has 0 fully saturated rings. The summed E-state index contributed by atoms with van der Waals surface area (Å²) in [4.78, 5) is 0. The lowest BCUT2D eigenvalue weighted by Crippen LogP contribution is -2.67. The molecule has 0 aliphatic carbocycles. The van der Waals surface area contributed by atoms with Crippen molar-refractivity contribution in [3.05, 3.63) is 72.7 Å². The average Bonchev–Trinajstić information content (AvgIpc) is 3.17. The summed E-state index contributed by atoms with van der Waals surface area (Å²) in [6.07, 6.45) is -0.393. The number of hydrogen-bond acceptors (Lipinski definition) is 5. The molecule has 150 valence electrons. The third-order valence-corrected chi connectivity index (χ3v) is 9.96. The summed E-state index contributed by atoms with van der Waals surface area (Å²) in [7, 11) is -2.67. The number of rotatable bonds is 7. The summed E-state index contributed by atoms with van der Waals surface area (Å²) < 4.78 is 17.9. The Bertz CT molecular complexity index is 746. The predicted octanol–water partition coefficient (Wildman–Crippen LogP) is 2.13. The van der Waals surface area contributed by atoms with Gasteiger partial charge in [-0.3, -0.25) is 0 Å². The Labute approximate surface area is 167 Å².